The molecule has 0 saturated carbocycles. The highest BCUT2D eigenvalue weighted by Crippen LogP contribution is 2.35. The van der Waals surface area contributed by atoms with Crippen LogP contribution in [0.25, 0.3) is 0 Å². The van der Waals surface area contributed by atoms with E-state index in [2.05, 4.69) is 17.6 Å². The van der Waals surface area contributed by atoms with Gasteiger partial charge in [0, 0.05) is 6.54 Å². The van der Waals surface area contributed by atoms with Gasteiger partial charge in [0.25, 0.3) is 0 Å². The summed E-state index contributed by atoms with van der Waals surface area (Å²) in [6, 6.07) is 5.77. The summed E-state index contributed by atoms with van der Waals surface area (Å²) in [6.07, 6.45) is 1.77. The highest BCUT2D eigenvalue weighted by Gasteiger charge is 2.39. The number of fused-ring (bicyclic) bond motifs is 1. The maximum absolute atomic E-state index is 12.6. The zero-order valence-electron chi connectivity index (χ0n) is 12.6. The molecule has 114 valence electrons. The Hall–Kier alpha value is -1.75. The molecule has 1 saturated heterocycles. The second kappa shape index (κ2) is 5.56. The van der Waals surface area contributed by atoms with Gasteiger partial charge in [-0.25, -0.2) is 0 Å². The molecule has 1 aromatic carbocycles. The van der Waals surface area contributed by atoms with Crippen molar-refractivity contribution in [3.63, 3.8) is 0 Å². The van der Waals surface area contributed by atoms with Crippen molar-refractivity contribution in [2.24, 2.45) is 5.41 Å². The summed E-state index contributed by atoms with van der Waals surface area (Å²) in [5, 5.41) is 6.44. The van der Waals surface area contributed by atoms with E-state index in [9.17, 15) is 4.79 Å². The molecule has 2 atom stereocenters. The zero-order valence-corrected chi connectivity index (χ0v) is 12.6. The molecule has 0 aromatic heterocycles. The van der Waals surface area contributed by atoms with Gasteiger partial charge in [-0.2, -0.15) is 0 Å². The molecule has 0 spiro atoms. The lowest BCUT2D eigenvalue weighted by atomic mass is 9.83. The maximum atomic E-state index is 12.6. The van der Waals surface area contributed by atoms with Gasteiger partial charge in [-0.05, 0) is 44.0 Å². The monoisotopic (exact) mass is 290 g/mol. The van der Waals surface area contributed by atoms with Crippen LogP contribution in [-0.4, -0.2) is 25.8 Å². The van der Waals surface area contributed by atoms with Crippen molar-refractivity contribution in [2.75, 3.05) is 19.9 Å². The summed E-state index contributed by atoms with van der Waals surface area (Å²) in [6.45, 7) is 6.03. The van der Waals surface area contributed by atoms with E-state index < -0.39 is 0 Å². The summed E-state index contributed by atoms with van der Waals surface area (Å²) in [5.41, 5.74) is 0.773. The van der Waals surface area contributed by atoms with Crippen molar-refractivity contribution in [1.82, 2.24) is 10.6 Å². The number of carbonyl (C=O) groups is 1. The second-order valence-electron chi connectivity index (χ2n) is 5.87. The Balaban J connectivity index is 1.71. The minimum absolute atomic E-state index is 0.0453. The predicted octanol–water partition coefficient (Wildman–Crippen LogP) is 1.98. The molecule has 0 radical (unpaired) electrons. The van der Waals surface area contributed by atoms with Crippen molar-refractivity contribution in [3.05, 3.63) is 23.8 Å². The van der Waals surface area contributed by atoms with Gasteiger partial charge in [-0.3, -0.25) is 4.79 Å². The minimum Gasteiger partial charge on any atom is -0.454 e. The number of hydrogen-bond acceptors (Lipinski definition) is 4. The predicted molar refractivity (Wildman–Crippen MR) is 79.3 cm³/mol. The Morgan fingerprint density at radius 3 is 2.95 bits per heavy atom. The molecule has 1 amide bonds. The number of carbonyl (C=O) groups excluding carboxylic acids is 1. The first-order valence-electron chi connectivity index (χ1n) is 7.56. The maximum Gasteiger partial charge on any atom is 0.231 e. The topological polar surface area (TPSA) is 59.6 Å². The Morgan fingerprint density at radius 1 is 1.43 bits per heavy atom. The molecule has 3 rings (SSSR count). The molecule has 1 fully saturated rings. The van der Waals surface area contributed by atoms with E-state index in [-0.39, 0.29) is 24.2 Å². The highest BCUT2D eigenvalue weighted by atomic mass is 16.7. The van der Waals surface area contributed by atoms with Crippen molar-refractivity contribution in [1.29, 1.82) is 0 Å². The number of ether oxygens (including phenoxy) is 2. The van der Waals surface area contributed by atoms with Crippen LogP contribution in [0.15, 0.2) is 18.2 Å². The van der Waals surface area contributed by atoms with Crippen molar-refractivity contribution in [2.45, 2.75) is 32.7 Å². The molecule has 2 unspecified atom stereocenters. The Labute approximate surface area is 125 Å². The van der Waals surface area contributed by atoms with E-state index in [1.54, 1.807) is 0 Å². The lowest BCUT2D eigenvalue weighted by Gasteiger charge is -2.27. The molecule has 1 aromatic rings. The summed E-state index contributed by atoms with van der Waals surface area (Å²) in [5.74, 6) is 1.66. The zero-order chi connectivity index (χ0) is 14.9. The van der Waals surface area contributed by atoms with Gasteiger partial charge in [0.1, 0.15) is 0 Å². The van der Waals surface area contributed by atoms with E-state index >= 15 is 0 Å². The van der Waals surface area contributed by atoms with Crippen LogP contribution in [0.3, 0.4) is 0 Å². The SMILES string of the molecule is CCC1(C(=O)NC(C)c2ccc3c(c2)OCO3)CCNC1. The molecule has 0 bridgehead atoms. The highest BCUT2D eigenvalue weighted by molar-refractivity contribution is 5.83. The van der Waals surface area contributed by atoms with Gasteiger partial charge in [0.05, 0.1) is 11.5 Å². The molecular weight excluding hydrogens is 268 g/mol. The molecule has 2 N–H and O–H groups in total. The lowest BCUT2D eigenvalue weighted by Crippen LogP contribution is -2.43. The van der Waals surface area contributed by atoms with E-state index in [0.29, 0.717) is 0 Å². The smallest absolute Gasteiger partial charge is 0.231 e. The first-order chi connectivity index (χ1) is 10.1. The number of rotatable bonds is 4. The van der Waals surface area contributed by atoms with Gasteiger partial charge in [0.2, 0.25) is 12.7 Å². The fraction of sp³-hybridized carbons (Fsp3) is 0.562. The third-order valence-corrected chi connectivity index (χ3v) is 4.65. The summed E-state index contributed by atoms with van der Waals surface area (Å²) >= 11 is 0. The molecule has 5 nitrogen and oxygen atoms in total. The van der Waals surface area contributed by atoms with Crippen molar-refractivity contribution >= 4 is 5.91 Å². The number of amides is 1. The van der Waals surface area contributed by atoms with Crippen LogP contribution < -0.4 is 20.1 Å². The van der Waals surface area contributed by atoms with Gasteiger partial charge in [-0.1, -0.05) is 13.0 Å². The fourth-order valence-electron chi connectivity index (χ4n) is 3.02. The molecule has 5 heteroatoms. The van der Waals surface area contributed by atoms with Gasteiger partial charge >= 0.3 is 0 Å². The Morgan fingerprint density at radius 2 is 2.24 bits per heavy atom. The van der Waals surface area contributed by atoms with Crippen LogP contribution in [0.2, 0.25) is 0 Å². The van der Waals surface area contributed by atoms with Crippen LogP contribution in [0.4, 0.5) is 0 Å². The third kappa shape index (κ3) is 2.58. The van der Waals surface area contributed by atoms with Crippen molar-refractivity contribution < 1.29 is 14.3 Å². The van der Waals surface area contributed by atoms with Crippen LogP contribution in [0.5, 0.6) is 11.5 Å². The third-order valence-electron chi connectivity index (χ3n) is 4.65. The van der Waals surface area contributed by atoms with Crippen molar-refractivity contribution in [3.8, 4) is 11.5 Å². The Bertz CT molecular complexity index is 538. The van der Waals surface area contributed by atoms with Gasteiger partial charge < -0.3 is 20.1 Å². The largest absolute Gasteiger partial charge is 0.454 e. The standard InChI is InChI=1S/C16H22N2O3/c1-3-16(6-7-17-9-16)15(19)18-11(2)12-4-5-13-14(8-12)21-10-20-13/h4-5,8,11,17H,3,6-7,9-10H2,1-2H3,(H,18,19). The van der Waals surface area contributed by atoms with Crippen LogP contribution in [-0.2, 0) is 4.79 Å². The van der Waals surface area contributed by atoms with Gasteiger partial charge in [0.15, 0.2) is 11.5 Å². The molecule has 21 heavy (non-hydrogen) atoms. The van der Waals surface area contributed by atoms with Crippen LogP contribution in [0.1, 0.15) is 38.3 Å². The van der Waals surface area contributed by atoms with Gasteiger partial charge in [-0.15, -0.1) is 0 Å². The first kappa shape index (κ1) is 14.2. The summed E-state index contributed by atoms with van der Waals surface area (Å²) in [4.78, 5) is 12.6. The molecule has 2 heterocycles. The van der Waals surface area contributed by atoms with E-state index in [4.69, 9.17) is 9.47 Å². The summed E-state index contributed by atoms with van der Waals surface area (Å²) < 4.78 is 10.7. The van der Waals surface area contributed by atoms with Crippen LogP contribution in [0, 0.1) is 5.41 Å². The molecular formula is C16H22N2O3. The number of hydrogen-bond donors (Lipinski definition) is 2. The summed E-state index contributed by atoms with van der Waals surface area (Å²) in [7, 11) is 0. The van der Waals surface area contributed by atoms with Crippen LogP contribution >= 0.6 is 0 Å². The minimum atomic E-state index is -0.259. The molecule has 2 aliphatic rings. The average Bonchev–Trinajstić information content (AvgIpc) is 3.15. The number of benzene rings is 1. The number of nitrogens with one attached hydrogen (secondary N) is 2. The second-order valence-corrected chi connectivity index (χ2v) is 5.87. The molecule has 0 aliphatic carbocycles. The normalized spacial score (nSPS) is 24.9. The Kier molecular flexibility index (Phi) is 3.76. The van der Waals surface area contributed by atoms with E-state index in [1.807, 2.05) is 25.1 Å². The quantitative estimate of drug-likeness (QED) is 0.890. The fourth-order valence-corrected chi connectivity index (χ4v) is 3.02. The first-order valence-corrected chi connectivity index (χ1v) is 7.56. The lowest BCUT2D eigenvalue weighted by molar-refractivity contribution is -0.131. The van der Waals surface area contributed by atoms with E-state index in [1.165, 1.54) is 0 Å². The molecule has 2 aliphatic heterocycles. The average molecular weight is 290 g/mol. The van der Waals surface area contributed by atoms with E-state index in [0.717, 1.165) is 43.0 Å².